The number of esters is 1. The number of halogens is 1. The van der Waals surface area contributed by atoms with Crippen LogP contribution in [0.4, 0.5) is 11.4 Å². The molecule has 2 amide bonds. The maximum Gasteiger partial charge on any atom is 0.343 e. The molecule has 7 heteroatoms. The summed E-state index contributed by atoms with van der Waals surface area (Å²) in [6, 6.07) is 23.2. The summed E-state index contributed by atoms with van der Waals surface area (Å²) >= 11 is 6.31. The average molecular weight is 511 g/mol. The van der Waals surface area contributed by atoms with E-state index in [0.29, 0.717) is 22.7 Å². The first-order valence-corrected chi connectivity index (χ1v) is 12.1. The van der Waals surface area contributed by atoms with Gasteiger partial charge in [0.2, 0.25) is 0 Å². The Kier molecular flexibility index (Phi) is 6.27. The lowest BCUT2D eigenvalue weighted by atomic mass is 10.1. The summed E-state index contributed by atoms with van der Waals surface area (Å²) in [6.45, 7) is 5.82. The number of carbonyl (C=O) groups excluding carboxylic acids is 3. The topological polar surface area (TPSA) is 75.7 Å². The molecular weight excluding hydrogens is 488 g/mol. The molecule has 4 aromatic carbocycles. The zero-order valence-corrected chi connectivity index (χ0v) is 21.2. The van der Waals surface area contributed by atoms with Gasteiger partial charge in [0.1, 0.15) is 16.5 Å². The average Bonchev–Trinajstić information content (AvgIpc) is 3.10. The molecule has 1 aliphatic rings. The van der Waals surface area contributed by atoms with Crippen LogP contribution in [0.1, 0.15) is 27.0 Å². The van der Waals surface area contributed by atoms with E-state index in [-0.39, 0.29) is 10.7 Å². The molecule has 0 atom stereocenters. The molecule has 0 aromatic heterocycles. The fourth-order valence-corrected chi connectivity index (χ4v) is 4.55. The lowest BCUT2D eigenvalue weighted by molar-refractivity contribution is -0.120. The van der Waals surface area contributed by atoms with Gasteiger partial charge in [-0.3, -0.25) is 9.59 Å². The smallest absolute Gasteiger partial charge is 0.343 e. The summed E-state index contributed by atoms with van der Waals surface area (Å²) in [4.78, 5) is 40.0. The van der Waals surface area contributed by atoms with Gasteiger partial charge in [0, 0.05) is 11.1 Å². The molecule has 0 aliphatic carbocycles. The monoisotopic (exact) mass is 510 g/mol. The molecule has 1 heterocycles. The van der Waals surface area contributed by atoms with Gasteiger partial charge >= 0.3 is 5.97 Å². The van der Waals surface area contributed by atoms with Crippen LogP contribution in [0.5, 0.6) is 5.75 Å². The minimum Gasteiger partial charge on any atom is -0.423 e. The van der Waals surface area contributed by atoms with Gasteiger partial charge in [0.25, 0.3) is 11.8 Å². The quantitative estimate of drug-likeness (QED) is 0.190. The molecule has 184 valence electrons. The molecule has 0 saturated carbocycles. The van der Waals surface area contributed by atoms with Crippen molar-refractivity contribution < 1.29 is 19.1 Å². The van der Waals surface area contributed by atoms with Crippen LogP contribution in [0.15, 0.2) is 89.6 Å². The van der Waals surface area contributed by atoms with Crippen LogP contribution >= 0.6 is 11.6 Å². The number of hydrogen-bond donors (Lipinski definition) is 1. The van der Waals surface area contributed by atoms with Crippen molar-refractivity contribution >= 4 is 51.5 Å². The van der Waals surface area contributed by atoms with E-state index in [2.05, 4.69) is 5.32 Å². The molecular formula is C30H23ClN2O4. The third kappa shape index (κ3) is 4.47. The normalized spacial score (nSPS) is 13.5. The summed E-state index contributed by atoms with van der Waals surface area (Å²) < 4.78 is 5.62. The molecule has 0 fully saturated rings. The van der Waals surface area contributed by atoms with Gasteiger partial charge in [-0.05, 0) is 79.2 Å². The van der Waals surface area contributed by atoms with Crippen LogP contribution < -0.4 is 15.0 Å². The molecule has 4 aromatic rings. The highest BCUT2D eigenvalue weighted by atomic mass is 35.5. The minimum atomic E-state index is -0.602. The van der Waals surface area contributed by atoms with Gasteiger partial charge in [-0.15, -0.1) is 0 Å². The van der Waals surface area contributed by atoms with Crippen LogP contribution in [0.2, 0.25) is 0 Å². The molecule has 1 N–H and O–H groups in total. The van der Waals surface area contributed by atoms with E-state index >= 15 is 0 Å². The van der Waals surface area contributed by atoms with Crippen molar-refractivity contribution in [2.45, 2.75) is 20.8 Å². The van der Waals surface area contributed by atoms with Crippen molar-refractivity contribution in [3.05, 3.63) is 112 Å². The lowest BCUT2D eigenvalue weighted by Gasteiger charge is -2.17. The second-order valence-electron chi connectivity index (χ2n) is 8.93. The highest BCUT2D eigenvalue weighted by molar-refractivity contribution is 6.53. The third-order valence-corrected chi connectivity index (χ3v) is 6.74. The van der Waals surface area contributed by atoms with Crippen molar-refractivity contribution in [2.24, 2.45) is 0 Å². The first kappa shape index (κ1) is 24.3. The van der Waals surface area contributed by atoms with Gasteiger partial charge in [-0.1, -0.05) is 54.1 Å². The van der Waals surface area contributed by atoms with Crippen molar-refractivity contribution in [3.8, 4) is 5.75 Å². The number of benzene rings is 4. The molecule has 37 heavy (non-hydrogen) atoms. The fraction of sp³-hybridized carbons (Fsp3) is 0.100. The number of carbonyl (C=O) groups is 3. The van der Waals surface area contributed by atoms with Crippen LogP contribution in [-0.4, -0.2) is 17.8 Å². The van der Waals surface area contributed by atoms with Crippen LogP contribution in [-0.2, 0) is 9.59 Å². The Morgan fingerprint density at radius 1 is 0.865 bits per heavy atom. The number of fused-ring (bicyclic) bond motifs is 1. The number of anilines is 2. The van der Waals surface area contributed by atoms with Crippen molar-refractivity contribution in [2.75, 3.05) is 10.2 Å². The van der Waals surface area contributed by atoms with Crippen LogP contribution in [0.25, 0.3) is 10.8 Å². The Morgan fingerprint density at radius 3 is 2.32 bits per heavy atom. The summed E-state index contributed by atoms with van der Waals surface area (Å²) in [5.74, 6) is -1.13. The first-order chi connectivity index (χ1) is 17.7. The summed E-state index contributed by atoms with van der Waals surface area (Å²) in [6.07, 6.45) is 0. The molecule has 0 spiro atoms. The number of ether oxygens (including phenoxy) is 1. The van der Waals surface area contributed by atoms with Gasteiger partial charge < -0.3 is 10.1 Å². The summed E-state index contributed by atoms with van der Waals surface area (Å²) in [7, 11) is 0. The number of rotatable bonds is 5. The van der Waals surface area contributed by atoms with Crippen molar-refractivity contribution in [3.63, 3.8) is 0 Å². The van der Waals surface area contributed by atoms with Gasteiger partial charge in [-0.25, -0.2) is 9.69 Å². The first-order valence-electron chi connectivity index (χ1n) is 11.7. The van der Waals surface area contributed by atoms with Crippen molar-refractivity contribution in [1.29, 1.82) is 0 Å². The molecule has 5 rings (SSSR count). The predicted octanol–water partition coefficient (Wildman–Crippen LogP) is 6.42. The zero-order chi connectivity index (χ0) is 26.3. The number of imide groups is 1. The zero-order valence-electron chi connectivity index (χ0n) is 20.5. The van der Waals surface area contributed by atoms with Crippen LogP contribution in [0.3, 0.4) is 0 Å². The minimum absolute atomic E-state index is 0.0270. The van der Waals surface area contributed by atoms with Gasteiger partial charge in [-0.2, -0.15) is 0 Å². The third-order valence-electron chi connectivity index (χ3n) is 6.39. The molecule has 0 radical (unpaired) electrons. The number of nitrogens with one attached hydrogen (secondary N) is 1. The van der Waals surface area contributed by atoms with E-state index in [0.717, 1.165) is 32.4 Å². The molecule has 0 bridgehead atoms. The highest BCUT2D eigenvalue weighted by Crippen LogP contribution is 2.34. The number of hydrogen-bond acceptors (Lipinski definition) is 5. The van der Waals surface area contributed by atoms with E-state index in [1.165, 1.54) is 0 Å². The van der Waals surface area contributed by atoms with E-state index < -0.39 is 17.8 Å². The Hall–Kier alpha value is -4.42. The lowest BCUT2D eigenvalue weighted by Crippen LogP contribution is -2.32. The summed E-state index contributed by atoms with van der Waals surface area (Å²) in [5, 5.41) is 4.40. The second kappa shape index (κ2) is 9.56. The van der Waals surface area contributed by atoms with E-state index in [4.69, 9.17) is 16.3 Å². The SMILES string of the molecule is Cc1cc(C)c(C)c(OC(=O)c2ccc(NC3=C(Cl)C(=O)N(c4cccc5ccccc45)C3=O)cc2)c1. The largest absolute Gasteiger partial charge is 0.423 e. The van der Waals surface area contributed by atoms with Gasteiger partial charge in [0.05, 0.1) is 11.3 Å². The fourth-order valence-electron chi connectivity index (χ4n) is 4.33. The Balaban J connectivity index is 1.35. The molecule has 0 unspecified atom stereocenters. The van der Waals surface area contributed by atoms with Gasteiger partial charge in [0.15, 0.2) is 0 Å². The van der Waals surface area contributed by atoms with E-state index in [1.807, 2.05) is 63.2 Å². The maximum atomic E-state index is 13.3. The number of amides is 2. The highest BCUT2D eigenvalue weighted by Gasteiger charge is 2.39. The van der Waals surface area contributed by atoms with Crippen molar-refractivity contribution in [1.82, 2.24) is 0 Å². The maximum absolute atomic E-state index is 13.3. The van der Waals surface area contributed by atoms with E-state index in [9.17, 15) is 14.4 Å². The number of aryl methyl sites for hydroxylation is 2. The Bertz CT molecular complexity index is 1620. The predicted molar refractivity (Wildman–Crippen MR) is 145 cm³/mol. The molecule has 0 saturated heterocycles. The second-order valence-corrected chi connectivity index (χ2v) is 9.31. The molecule has 6 nitrogen and oxygen atoms in total. The Morgan fingerprint density at radius 2 is 1.57 bits per heavy atom. The summed E-state index contributed by atoms with van der Waals surface area (Å²) in [5.41, 5.74) is 4.22. The standard InChI is InChI=1S/C30H23ClN2O4/c1-17-15-18(2)19(3)25(16-17)37-30(36)21-11-13-22(14-12-21)32-27-26(31)28(34)33(29(27)35)24-10-6-8-20-7-4-5-9-23(20)24/h4-16,32H,1-3H3. The number of nitrogens with zero attached hydrogens (tertiary/aromatic N) is 1. The van der Waals surface area contributed by atoms with Crippen LogP contribution in [0, 0.1) is 20.8 Å². The molecule has 1 aliphatic heterocycles. The van der Waals surface area contributed by atoms with E-state index in [1.54, 1.807) is 36.4 Å². The Labute approximate surface area is 219 Å².